The molecule has 2 aliphatic rings. The molecule has 2 fully saturated rings. The molecule has 2 saturated heterocycles. The van der Waals surface area contributed by atoms with Crippen LogP contribution in [-0.2, 0) is 16.1 Å². The fourth-order valence-corrected chi connectivity index (χ4v) is 6.52. The zero-order valence-electron chi connectivity index (χ0n) is 21.1. The largest absolute Gasteiger partial charge is 0.378 e. The maximum absolute atomic E-state index is 11.8. The Kier molecular flexibility index (Phi) is 6.67. The molecule has 2 N–H and O–H groups in total. The van der Waals surface area contributed by atoms with Gasteiger partial charge >= 0.3 is 0 Å². The molecule has 4 aromatic rings. The van der Waals surface area contributed by atoms with Crippen LogP contribution in [0.5, 0.6) is 0 Å². The van der Waals surface area contributed by atoms with Crippen molar-refractivity contribution in [3.05, 3.63) is 59.1 Å². The molecule has 37 heavy (non-hydrogen) atoms. The van der Waals surface area contributed by atoms with Crippen molar-refractivity contribution < 1.29 is 9.53 Å². The summed E-state index contributed by atoms with van der Waals surface area (Å²) in [4.78, 5) is 22.8. The molecule has 0 bridgehead atoms. The van der Waals surface area contributed by atoms with Crippen molar-refractivity contribution in [2.24, 2.45) is 11.7 Å². The Bertz CT molecular complexity index is 1420. The summed E-state index contributed by atoms with van der Waals surface area (Å²) in [5.41, 5.74) is 11.0. The molecule has 1 aromatic carbocycles. The van der Waals surface area contributed by atoms with Gasteiger partial charge in [-0.25, -0.2) is 9.67 Å². The minimum Gasteiger partial charge on any atom is -0.378 e. The number of fused-ring (bicyclic) bond motifs is 1. The lowest BCUT2D eigenvalue weighted by atomic mass is 9.97. The number of carbonyl (C=O) groups is 1. The van der Waals surface area contributed by atoms with Gasteiger partial charge in [-0.3, -0.25) is 9.69 Å². The Balaban J connectivity index is 1.35. The lowest BCUT2D eigenvalue weighted by molar-refractivity contribution is -0.123. The number of ether oxygens (including phenoxy) is 1. The van der Waals surface area contributed by atoms with Crippen molar-refractivity contribution in [3.8, 4) is 17.1 Å². The standard InChI is InChI=1S/C28H32N6O2S/c1-19-4-2-5-20(14-19)23-7-9-34(31-23)26-16-25(33-10-12-36-13-11-33)27-24(30-26)15-22(37-27)18-32-8-3-6-21(17-32)28(29)35/h2,4-5,7,9,14-16,21H,3,6,8,10-13,17-18H2,1H3,(H2,29,35). The Morgan fingerprint density at radius 2 is 2.03 bits per heavy atom. The number of aryl methyl sites for hydroxylation is 1. The van der Waals surface area contributed by atoms with Gasteiger partial charge in [0, 0.05) is 48.9 Å². The van der Waals surface area contributed by atoms with Crippen molar-refractivity contribution >= 4 is 33.1 Å². The van der Waals surface area contributed by atoms with E-state index in [4.69, 9.17) is 20.6 Å². The van der Waals surface area contributed by atoms with Gasteiger partial charge in [-0.1, -0.05) is 23.8 Å². The Morgan fingerprint density at radius 3 is 2.84 bits per heavy atom. The summed E-state index contributed by atoms with van der Waals surface area (Å²) in [6.45, 7) is 7.77. The molecular weight excluding hydrogens is 484 g/mol. The average Bonchev–Trinajstić information content (AvgIpc) is 3.56. The molecule has 9 heteroatoms. The molecule has 192 valence electrons. The van der Waals surface area contributed by atoms with Gasteiger partial charge in [-0.2, -0.15) is 5.10 Å². The Labute approximate surface area is 220 Å². The van der Waals surface area contributed by atoms with Crippen molar-refractivity contribution in [1.29, 1.82) is 0 Å². The van der Waals surface area contributed by atoms with Gasteiger partial charge in [-0.05, 0) is 44.5 Å². The maximum atomic E-state index is 11.8. The number of anilines is 1. The molecule has 1 amide bonds. The van der Waals surface area contributed by atoms with E-state index < -0.39 is 0 Å². The molecule has 1 unspecified atom stereocenters. The fourth-order valence-electron chi connectivity index (χ4n) is 5.34. The molecule has 3 aromatic heterocycles. The molecule has 0 spiro atoms. The summed E-state index contributed by atoms with van der Waals surface area (Å²) in [6, 6.07) is 14.8. The topological polar surface area (TPSA) is 89.5 Å². The number of hydrogen-bond donors (Lipinski definition) is 1. The number of nitrogens with two attached hydrogens (primary N) is 1. The number of primary amides is 1. The summed E-state index contributed by atoms with van der Waals surface area (Å²) >= 11 is 1.80. The van der Waals surface area contributed by atoms with Gasteiger partial charge in [0.2, 0.25) is 5.91 Å². The molecule has 6 rings (SSSR count). The van der Waals surface area contributed by atoms with Crippen LogP contribution in [0.25, 0.3) is 27.3 Å². The van der Waals surface area contributed by atoms with Crippen LogP contribution in [0.1, 0.15) is 23.3 Å². The number of carbonyl (C=O) groups excluding carboxylic acids is 1. The summed E-state index contributed by atoms with van der Waals surface area (Å²) in [5, 5.41) is 4.87. The normalized spacial score (nSPS) is 18.9. The number of nitrogens with zero attached hydrogens (tertiary/aromatic N) is 5. The first-order chi connectivity index (χ1) is 18.0. The summed E-state index contributed by atoms with van der Waals surface area (Å²) in [7, 11) is 0. The molecular formula is C28H32N6O2S. The number of benzene rings is 1. The zero-order chi connectivity index (χ0) is 25.4. The molecule has 0 radical (unpaired) electrons. The van der Waals surface area contributed by atoms with E-state index in [0.717, 1.165) is 81.4 Å². The van der Waals surface area contributed by atoms with Gasteiger partial charge in [0.05, 0.1) is 40.7 Å². The third-order valence-electron chi connectivity index (χ3n) is 7.27. The number of likely N-dealkylation sites (tertiary alicyclic amines) is 1. The lowest BCUT2D eigenvalue weighted by Crippen LogP contribution is -2.40. The first-order valence-electron chi connectivity index (χ1n) is 12.9. The van der Waals surface area contributed by atoms with Crippen LogP contribution in [0.4, 0.5) is 5.69 Å². The van der Waals surface area contributed by atoms with Crippen molar-refractivity contribution in [3.63, 3.8) is 0 Å². The highest BCUT2D eigenvalue weighted by Gasteiger charge is 2.25. The third-order valence-corrected chi connectivity index (χ3v) is 8.41. The van der Waals surface area contributed by atoms with Crippen molar-refractivity contribution in [2.75, 3.05) is 44.3 Å². The summed E-state index contributed by atoms with van der Waals surface area (Å²) < 4.78 is 8.69. The second kappa shape index (κ2) is 10.2. The monoisotopic (exact) mass is 516 g/mol. The fraction of sp³-hybridized carbons (Fsp3) is 0.393. The van der Waals surface area contributed by atoms with E-state index in [1.54, 1.807) is 11.3 Å². The number of hydrogen-bond acceptors (Lipinski definition) is 7. The second-order valence-corrected chi connectivity index (χ2v) is 11.2. The highest BCUT2D eigenvalue weighted by atomic mass is 32.1. The Morgan fingerprint density at radius 1 is 1.16 bits per heavy atom. The van der Waals surface area contributed by atoms with Crippen LogP contribution < -0.4 is 10.6 Å². The van der Waals surface area contributed by atoms with Gasteiger partial charge in [0.15, 0.2) is 5.82 Å². The van der Waals surface area contributed by atoms with E-state index in [1.165, 1.54) is 20.8 Å². The van der Waals surface area contributed by atoms with E-state index in [9.17, 15) is 4.79 Å². The number of amides is 1. The van der Waals surface area contributed by atoms with Crippen LogP contribution in [0.2, 0.25) is 0 Å². The average molecular weight is 517 g/mol. The van der Waals surface area contributed by atoms with Gasteiger partial charge < -0.3 is 15.4 Å². The number of aromatic nitrogens is 3. The van der Waals surface area contributed by atoms with Gasteiger partial charge in [-0.15, -0.1) is 11.3 Å². The van der Waals surface area contributed by atoms with Crippen LogP contribution >= 0.6 is 11.3 Å². The van der Waals surface area contributed by atoms with E-state index in [2.05, 4.69) is 53.1 Å². The molecule has 8 nitrogen and oxygen atoms in total. The highest BCUT2D eigenvalue weighted by molar-refractivity contribution is 7.19. The lowest BCUT2D eigenvalue weighted by Gasteiger charge is -2.30. The maximum Gasteiger partial charge on any atom is 0.221 e. The summed E-state index contributed by atoms with van der Waals surface area (Å²) in [6.07, 6.45) is 3.88. The van der Waals surface area contributed by atoms with E-state index in [-0.39, 0.29) is 11.8 Å². The quantitative estimate of drug-likeness (QED) is 0.417. The number of thiophene rings is 1. The molecule has 5 heterocycles. The predicted octanol–water partition coefficient (Wildman–Crippen LogP) is 3.99. The van der Waals surface area contributed by atoms with Crippen molar-refractivity contribution in [2.45, 2.75) is 26.3 Å². The van der Waals surface area contributed by atoms with E-state index in [1.807, 2.05) is 16.9 Å². The minimum absolute atomic E-state index is 0.0563. The first-order valence-corrected chi connectivity index (χ1v) is 13.8. The highest BCUT2D eigenvalue weighted by Crippen LogP contribution is 2.36. The van der Waals surface area contributed by atoms with Crippen LogP contribution in [0.3, 0.4) is 0 Å². The number of pyridine rings is 1. The van der Waals surface area contributed by atoms with Gasteiger partial charge in [0.1, 0.15) is 0 Å². The SMILES string of the molecule is Cc1cccc(-c2ccn(-c3cc(N4CCOCC4)c4sc(CN5CCCC(C(N)=O)C5)cc4n3)n2)c1. The predicted molar refractivity (Wildman–Crippen MR) is 147 cm³/mol. The summed E-state index contributed by atoms with van der Waals surface area (Å²) in [5.74, 6) is 0.564. The first kappa shape index (κ1) is 24.1. The minimum atomic E-state index is -0.189. The Hall–Kier alpha value is -3.27. The number of piperidine rings is 1. The third kappa shape index (κ3) is 5.12. The molecule has 0 aliphatic carbocycles. The van der Waals surface area contributed by atoms with E-state index >= 15 is 0 Å². The van der Waals surface area contributed by atoms with Crippen molar-refractivity contribution in [1.82, 2.24) is 19.7 Å². The van der Waals surface area contributed by atoms with Crippen LogP contribution in [-0.4, -0.2) is 65.0 Å². The molecule has 0 saturated carbocycles. The van der Waals surface area contributed by atoms with Gasteiger partial charge in [0.25, 0.3) is 0 Å². The number of morpholine rings is 1. The molecule has 2 aliphatic heterocycles. The zero-order valence-corrected chi connectivity index (χ0v) is 21.9. The smallest absolute Gasteiger partial charge is 0.221 e. The molecule has 1 atom stereocenters. The van der Waals surface area contributed by atoms with E-state index in [0.29, 0.717) is 0 Å². The second-order valence-electron chi connectivity index (χ2n) is 10.0. The van der Waals surface area contributed by atoms with Crippen LogP contribution in [0, 0.1) is 12.8 Å². The number of rotatable bonds is 6. The van der Waals surface area contributed by atoms with Crippen LogP contribution in [0.15, 0.2) is 48.7 Å².